The van der Waals surface area contributed by atoms with Crippen molar-refractivity contribution >= 4 is 38.8 Å². The zero-order valence-electron chi connectivity index (χ0n) is 22.6. The quantitative estimate of drug-likeness (QED) is 0.282. The third-order valence-electron chi connectivity index (χ3n) is 7.14. The first-order valence-corrected chi connectivity index (χ1v) is 15.9. The number of aromatic nitrogens is 2. The molecule has 8 nitrogen and oxygen atoms in total. The summed E-state index contributed by atoms with van der Waals surface area (Å²) in [5.74, 6) is 0.381. The number of amides is 1. The molecule has 1 aromatic carbocycles. The number of nitrogens with zero attached hydrogens (tertiary/aromatic N) is 2. The van der Waals surface area contributed by atoms with E-state index in [1.807, 2.05) is 0 Å². The Hall–Kier alpha value is -3.19. The lowest BCUT2D eigenvalue weighted by Gasteiger charge is -2.28. The fourth-order valence-electron chi connectivity index (χ4n) is 4.88. The van der Waals surface area contributed by atoms with Crippen molar-refractivity contribution in [3.8, 4) is 10.4 Å². The summed E-state index contributed by atoms with van der Waals surface area (Å²) >= 11 is 1.47. The molecule has 220 valence electrons. The standard InChI is InChI=1S/C28H31F3N4O4S2/c1-16(2)39-27(36)35-19-6-3-17(4-7-19)26-33-15-23(40-26)22-11-8-20(13-24(22)41(37,38)21-9-10-21)34-25-12-5-18(14-32-25)28(29,30)31/h5,8,11-17,19,21H,3-4,6-7,9-10H2,1-2H3,(H,32,34)(H,35,36). The molecule has 5 rings (SSSR count). The molecule has 2 aliphatic rings. The normalized spacial score (nSPS) is 19.7. The second-order valence-electron chi connectivity index (χ2n) is 10.7. The van der Waals surface area contributed by atoms with E-state index in [4.69, 9.17) is 4.74 Å². The molecule has 0 spiro atoms. The number of halogens is 3. The average molecular weight is 609 g/mol. The summed E-state index contributed by atoms with van der Waals surface area (Å²) in [5, 5.41) is 6.32. The van der Waals surface area contributed by atoms with Crippen LogP contribution in [0.2, 0.25) is 0 Å². The molecule has 3 aromatic rings. The summed E-state index contributed by atoms with van der Waals surface area (Å²) in [6.07, 6.45) is 1.82. The molecule has 1 amide bonds. The number of anilines is 2. The van der Waals surface area contributed by atoms with E-state index in [2.05, 4.69) is 20.6 Å². The number of hydrogen-bond acceptors (Lipinski definition) is 8. The Morgan fingerprint density at radius 1 is 1.02 bits per heavy atom. The van der Waals surface area contributed by atoms with E-state index in [-0.39, 0.29) is 28.8 Å². The molecule has 2 aromatic heterocycles. The van der Waals surface area contributed by atoms with Crippen LogP contribution in [0.3, 0.4) is 0 Å². The zero-order valence-corrected chi connectivity index (χ0v) is 24.2. The van der Waals surface area contributed by atoms with Crippen molar-refractivity contribution < 1.29 is 31.1 Å². The molecule has 0 atom stereocenters. The third kappa shape index (κ3) is 7.00. The summed E-state index contributed by atoms with van der Waals surface area (Å²) in [7, 11) is -3.61. The predicted octanol–water partition coefficient (Wildman–Crippen LogP) is 7.06. The number of rotatable bonds is 8. The molecular formula is C28H31F3N4O4S2. The highest BCUT2D eigenvalue weighted by molar-refractivity contribution is 7.92. The SMILES string of the molecule is CC(C)OC(=O)NC1CCC(c2ncc(-c3ccc(Nc4ccc(C(F)(F)F)cn4)cc3S(=O)(=O)C3CC3)s2)CC1. The minimum Gasteiger partial charge on any atom is -0.447 e. The van der Waals surface area contributed by atoms with E-state index in [1.54, 1.807) is 32.2 Å². The highest BCUT2D eigenvalue weighted by atomic mass is 32.2. The van der Waals surface area contributed by atoms with E-state index in [0.717, 1.165) is 47.8 Å². The van der Waals surface area contributed by atoms with Gasteiger partial charge in [0.25, 0.3) is 0 Å². The molecule has 0 radical (unpaired) electrons. The fourth-order valence-corrected chi connectivity index (χ4v) is 7.96. The molecule has 0 bridgehead atoms. The maximum absolute atomic E-state index is 13.4. The van der Waals surface area contributed by atoms with Gasteiger partial charge in [0.2, 0.25) is 0 Å². The number of carbonyl (C=O) groups excluding carboxylic acids is 1. The van der Waals surface area contributed by atoms with E-state index in [9.17, 15) is 26.4 Å². The first-order chi connectivity index (χ1) is 19.4. The lowest BCUT2D eigenvalue weighted by atomic mass is 9.86. The maximum atomic E-state index is 13.4. The molecule has 2 heterocycles. The van der Waals surface area contributed by atoms with Gasteiger partial charge in [-0.3, -0.25) is 0 Å². The average Bonchev–Trinajstić information content (AvgIpc) is 3.67. The second kappa shape index (κ2) is 11.6. The topological polar surface area (TPSA) is 110 Å². The number of nitrogens with one attached hydrogen (secondary N) is 2. The van der Waals surface area contributed by atoms with Gasteiger partial charge < -0.3 is 15.4 Å². The summed E-state index contributed by atoms with van der Waals surface area (Å²) < 4.78 is 70.7. The van der Waals surface area contributed by atoms with Gasteiger partial charge in [-0.15, -0.1) is 11.3 Å². The van der Waals surface area contributed by atoms with Gasteiger partial charge in [0, 0.05) is 35.6 Å². The van der Waals surface area contributed by atoms with Crippen molar-refractivity contribution in [1.29, 1.82) is 0 Å². The Bertz CT molecular complexity index is 1500. The van der Waals surface area contributed by atoms with E-state index >= 15 is 0 Å². The Labute approximate surface area is 240 Å². The minimum absolute atomic E-state index is 0.0476. The molecule has 0 aliphatic heterocycles. The van der Waals surface area contributed by atoms with Crippen molar-refractivity contribution in [2.75, 3.05) is 5.32 Å². The predicted molar refractivity (Wildman–Crippen MR) is 150 cm³/mol. The molecule has 0 unspecified atom stereocenters. The highest BCUT2D eigenvalue weighted by Crippen LogP contribution is 2.43. The lowest BCUT2D eigenvalue weighted by Crippen LogP contribution is -2.38. The van der Waals surface area contributed by atoms with Gasteiger partial charge >= 0.3 is 12.3 Å². The van der Waals surface area contributed by atoms with Crippen LogP contribution in [0.4, 0.5) is 29.5 Å². The fraction of sp³-hybridized carbons (Fsp3) is 0.464. The van der Waals surface area contributed by atoms with Crippen molar-refractivity contribution in [3.05, 3.63) is 53.3 Å². The number of alkyl carbamates (subject to hydrolysis) is 1. The monoisotopic (exact) mass is 608 g/mol. The zero-order chi connectivity index (χ0) is 29.4. The van der Waals surface area contributed by atoms with Gasteiger partial charge in [0.1, 0.15) is 5.82 Å². The van der Waals surface area contributed by atoms with Gasteiger partial charge in [-0.2, -0.15) is 13.2 Å². The number of hydrogen-bond donors (Lipinski definition) is 2. The summed E-state index contributed by atoms with van der Waals surface area (Å²) in [6, 6.07) is 7.10. The molecule has 41 heavy (non-hydrogen) atoms. The summed E-state index contributed by atoms with van der Waals surface area (Å²) in [5.41, 5.74) is 0.0972. The van der Waals surface area contributed by atoms with E-state index in [1.165, 1.54) is 23.5 Å². The Kier molecular flexibility index (Phi) is 8.29. The Balaban J connectivity index is 1.33. The van der Waals surface area contributed by atoms with Gasteiger partial charge in [-0.05, 0) is 76.6 Å². The van der Waals surface area contributed by atoms with Crippen LogP contribution in [0, 0.1) is 0 Å². The molecule has 13 heteroatoms. The molecular weight excluding hydrogens is 577 g/mol. The van der Waals surface area contributed by atoms with Gasteiger partial charge in [0.05, 0.1) is 31.7 Å². The van der Waals surface area contributed by atoms with Gasteiger partial charge in [-0.25, -0.2) is 23.2 Å². The smallest absolute Gasteiger partial charge is 0.417 e. The van der Waals surface area contributed by atoms with Crippen LogP contribution < -0.4 is 10.6 Å². The number of carbonyl (C=O) groups is 1. The minimum atomic E-state index is -4.50. The first-order valence-electron chi connectivity index (χ1n) is 13.5. The number of benzene rings is 1. The Morgan fingerprint density at radius 3 is 2.37 bits per heavy atom. The maximum Gasteiger partial charge on any atom is 0.417 e. The Morgan fingerprint density at radius 2 is 1.76 bits per heavy atom. The van der Waals surface area contributed by atoms with Crippen LogP contribution in [-0.4, -0.2) is 41.9 Å². The third-order valence-corrected chi connectivity index (χ3v) is 10.6. The van der Waals surface area contributed by atoms with Crippen LogP contribution in [0.25, 0.3) is 10.4 Å². The van der Waals surface area contributed by atoms with E-state index < -0.39 is 32.9 Å². The second-order valence-corrected chi connectivity index (χ2v) is 14.0. The molecule has 0 saturated heterocycles. The van der Waals surface area contributed by atoms with Crippen molar-refractivity contribution in [2.45, 2.75) is 86.8 Å². The van der Waals surface area contributed by atoms with Crippen LogP contribution in [0.5, 0.6) is 0 Å². The van der Waals surface area contributed by atoms with Crippen LogP contribution in [0.1, 0.15) is 68.9 Å². The lowest BCUT2D eigenvalue weighted by molar-refractivity contribution is -0.137. The molecule has 2 fully saturated rings. The molecule has 2 N–H and O–H groups in total. The first kappa shape index (κ1) is 29.3. The number of sulfone groups is 1. The van der Waals surface area contributed by atoms with Gasteiger partial charge in [-0.1, -0.05) is 6.07 Å². The molecule has 2 aliphatic carbocycles. The van der Waals surface area contributed by atoms with Crippen LogP contribution >= 0.6 is 11.3 Å². The van der Waals surface area contributed by atoms with Crippen molar-refractivity contribution in [3.63, 3.8) is 0 Å². The van der Waals surface area contributed by atoms with Crippen LogP contribution in [-0.2, 0) is 20.8 Å². The number of pyridine rings is 1. The van der Waals surface area contributed by atoms with Gasteiger partial charge in [0.15, 0.2) is 9.84 Å². The highest BCUT2D eigenvalue weighted by Gasteiger charge is 2.39. The summed E-state index contributed by atoms with van der Waals surface area (Å²) in [4.78, 5) is 21.3. The van der Waals surface area contributed by atoms with Crippen molar-refractivity contribution in [1.82, 2.24) is 15.3 Å². The molecule has 2 saturated carbocycles. The van der Waals surface area contributed by atoms with E-state index in [0.29, 0.717) is 24.1 Å². The summed E-state index contributed by atoms with van der Waals surface area (Å²) in [6.45, 7) is 3.61. The number of ether oxygens (including phenoxy) is 1. The number of alkyl halides is 3. The van der Waals surface area contributed by atoms with Crippen LogP contribution in [0.15, 0.2) is 47.6 Å². The number of thiazole rings is 1. The largest absolute Gasteiger partial charge is 0.447 e. The van der Waals surface area contributed by atoms with Crippen molar-refractivity contribution in [2.24, 2.45) is 0 Å².